The first-order valence-electron chi connectivity index (χ1n) is 8.83. The fraction of sp³-hybridized carbons (Fsp3) is 0.250. The zero-order chi connectivity index (χ0) is 19.7. The smallest absolute Gasteiger partial charge is 0.307 e. The molecular formula is C20H17FN2O3S2. The summed E-state index contributed by atoms with van der Waals surface area (Å²) < 4.78 is 19.5. The average molecular weight is 416 g/mol. The second-order valence-electron chi connectivity index (χ2n) is 6.20. The van der Waals surface area contributed by atoms with Gasteiger partial charge < -0.3 is 9.64 Å². The van der Waals surface area contributed by atoms with Gasteiger partial charge in [-0.2, -0.15) is 0 Å². The number of esters is 1. The van der Waals surface area contributed by atoms with Crippen molar-refractivity contribution in [1.29, 1.82) is 0 Å². The third-order valence-corrected chi connectivity index (χ3v) is 6.64. The lowest BCUT2D eigenvalue weighted by atomic mass is 10.2. The number of thioether (sulfide) groups is 1. The molecule has 4 rings (SSSR count). The molecule has 0 spiro atoms. The molecule has 1 amide bonds. The molecule has 5 nitrogen and oxygen atoms in total. The number of carbonyl (C=O) groups is 2. The van der Waals surface area contributed by atoms with Gasteiger partial charge in [0.1, 0.15) is 10.8 Å². The van der Waals surface area contributed by atoms with Crippen molar-refractivity contribution in [2.75, 3.05) is 11.5 Å². The summed E-state index contributed by atoms with van der Waals surface area (Å²) in [6.07, 6.45) is 0.0106. The number of aromatic nitrogens is 1. The topological polar surface area (TPSA) is 59.5 Å². The van der Waals surface area contributed by atoms with Crippen LogP contribution in [0.2, 0.25) is 0 Å². The Kier molecular flexibility index (Phi) is 5.32. The molecule has 28 heavy (non-hydrogen) atoms. The summed E-state index contributed by atoms with van der Waals surface area (Å²) in [4.78, 5) is 32.1. The first-order chi connectivity index (χ1) is 13.6. The molecule has 144 valence electrons. The molecule has 8 heteroatoms. The molecule has 1 atom stereocenters. The molecule has 0 radical (unpaired) electrons. The maximum atomic E-state index is 14.0. The van der Waals surface area contributed by atoms with Gasteiger partial charge in [0.25, 0.3) is 0 Å². The number of halogens is 1. The SMILES string of the molecule is CCOC(=O)CC1Sc2ccccc2N(Cc2nc3cccc(F)c3s2)C1=O. The van der Waals surface area contributed by atoms with Crippen LogP contribution in [0.4, 0.5) is 10.1 Å². The van der Waals surface area contributed by atoms with Gasteiger partial charge in [0.15, 0.2) is 0 Å². The van der Waals surface area contributed by atoms with E-state index in [1.54, 1.807) is 24.0 Å². The Morgan fingerprint density at radius 1 is 1.25 bits per heavy atom. The first-order valence-corrected chi connectivity index (χ1v) is 10.5. The number of anilines is 1. The third-order valence-electron chi connectivity index (χ3n) is 4.33. The minimum Gasteiger partial charge on any atom is -0.466 e. The van der Waals surface area contributed by atoms with Crippen molar-refractivity contribution in [2.45, 2.75) is 30.0 Å². The number of rotatable bonds is 5. The van der Waals surface area contributed by atoms with E-state index in [1.165, 1.54) is 29.2 Å². The molecule has 2 aromatic carbocycles. The van der Waals surface area contributed by atoms with E-state index in [4.69, 9.17) is 4.74 Å². The molecule has 1 aliphatic rings. The first kappa shape index (κ1) is 18.9. The number of amides is 1. The fourth-order valence-electron chi connectivity index (χ4n) is 3.10. The van der Waals surface area contributed by atoms with Crippen molar-refractivity contribution in [3.05, 3.63) is 53.3 Å². The van der Waals surface area contributed by atoms with Crippen molar-refractivity contribution < 1.29 is 18.7 Å². The van der Waals surface area contributed by atoms with Crippen LogP contribution in [0.5, 0.6) is 0 Å². The van der Waals surface area contributed by atoms with Crippen molar-refractivity contribution in [1.82, 2.24) is 4.98 Å². The number of hydrogen-bond donors (Lipinski definition) is 0. The Morgan fingerprint density at radius 3 is 2.86 bits per heavy atom. The van der Waals surface area contributed by atoms with E-state index < -0.39 is 11.2 Å². The maximum absolute atomic E-state index is 14.0. The van der Waals surface area contributed by atoms with Gasteiger partial charge in [0, 0.05) is 4.90 Å². The summed E-state index contributed by atoms with van der Waals surface area (Å²) in [5.74, 6) is -0.881. The molecule has 0 N–H and O–H groups in total. The highest BCUT2D eigenvalue weighted by atomic mass is 32.2. The van der Waals surface area contributed by atoms with E-state index >= 15 is 0 Å². The number of hydrogen-bond acceptors (Lipinski definition) is 6. The minimum absolute atomic E-state index is 0.0106. The summed E-state index contributed by atoms with van der Waals surface area (Å²) in [7, 11) is 0. The van der Waals surface area contributed by atoms with Crippen LogP contribution in [0.25, 0.3) is 10.2 Å². The fourth-order valence-corrected chi connectivity index (χ4v) is 5.27. The van der Waals surface area contributed by atoms with Gasteiger partial charge in [-0.3, -0.25) is 9.59 Å². The van der Waals surface area contributed by atoms with Crippen LogP contribution in [0.3, 0.4) is 0 Å². The Balaban J connectivity index is 1.66. The highest BCUT2D eigenvalue weighted by Crippen LogP contribution is 2.41. The van der Waals surface area contributed by atoms with Gasteiger partial charge >= 0.3 is 5.97 Å². The average Bonchev–Trinajstić information content (AvgIpc) is 3.09. The number of ether oxygens (including phenoxy) is 1. The lowest BCUT2D eigenvalue weighted by molar-refractivity contribution is -0.144. The van der Waals surface area contributed by atoms with Gasteiger partial charge in [0.2, 0.25) is 5.91 Å². The zero-order valence-corrected chi connectivity index (χ0v) is 16.7. The summed E-state index contributed by atoms with van der Waals surface area (Å²) >= 11 is 2.61. The number of carbonyl (C=O) groups excluding carboxylic acids is 2. The summed E-state index contributed by atoms with van der Waals surface area (Å²) in [6.45, 7) is 2.25. The Hall–Kier alpha value is -2.45. The van der Waals surface area contributed by atoms with E-state index in [0.29, 0.717) is 15.2 Å². The van der Waals surface area contributed by atoms with E-state index in [0.717, 1.165) is 10.6 Å². The van der Waals surface area contributed by atoms with E-state index in [9.17, 15) is 14.0 Å². The van der Waals surface area contributed by atoms with Crippen LogP contribution in [-0.2, 0) is 20.9 Å². The second kappa shape index (κ2) is 7.89. The summed E-state index contributed by atoms with van der Waals surface area (Å²) in [6, 6.07) is 12.3. The van der Waals surface area contributed by atoms with Crippen LogP contribution >= 0.6 is 23.1 Å². The molecular weight excluding hydrogens is 399 g/mol. The van der Waals surface area contributed by atoms with Gasteiger partial charge in [-0.15, -0.1) is 23.1 Å². The van der Waals surface area contributed by atoms with Gasteiger partial charge in [-0.05, 0) is 31.2 Å². The van der Waals surface area contributed by atoms with Gasteiger partial charge in [-0.25, -0.2) is 9.37 Å². The van der Waals surface area contributed by atoms with E-state index in [1.807, 2.05) is 24.3 Å². The van der Waals surface area contributed by atoms with Crippen LogP contribution in [0.15, 0.2) is 47.4 Å². The van der Waals surface area contributed by atoms with E-state index in [-0.39, 0.29) is 31.3 Å². The summed E-state index contributed by atoms with van der Waals surface area (Å²) in [5, 5.41) is 0.0881. The van der Waals surface area contributed by atoms with Crippen LogP contribution in [0.1, 0.15) is 18.4 Å². The normalized spacial score (nSPS) is 16.3. The van der Waals surface area contributed by atoms with Gasteiger partial charge in [-0.1, -0.05) is 18.2 Å². The third kappa shape index (κ3) is 3.62. The lowest BCUT2D eigenvalue weighted by Crippen LogP contribution is -2.41. The van der Waals surface area contributed by atoms with Gasteiger partial charge in [0.05, 0.1) is 40.7 Å². The largest absolute Gasteiger partial charge is 0.466 e. The molecule has 3 aromatic rings. The minimum atomic E-state index is -0.555. The zero-order valence-electron chi connectivity index (χ0n) is 15.1. The van der Waals surface area contributed by atoms with Crippen molar-refractivity contribution in [3.8, 4) is 0 Å². The van der Waals surface area contributed by atoms with Crippen LogP contribution in [-0.4, -0.2) is 28.7 Å². The number of benzene rings is 2. The van der Waals surface area contributed by atoms with Crippen molar-refractivity contribution in [2.24, 2.45) is 0 Å². The quantitative estimate of drug-likeness (QED) is 0.577. The molecule has 0 saturated heterocycles. The Morgan fingerprint density at radius 2 is 2.07 bits per heavy atom. The standard InChI is InChI=1S/C20H17FN2O3S2/c1-2-26-18(24)10-16-20(25)23(14-8-3-4-9-15(14)27-16)11-17-22-13-7-5-6-12(21)19(13)28-17/h3-9,16H,2,10-11H2,1H3. The summed E-state index contributed by atoms with van der Waals surface area (Å²) in [5.41, 5.74) is 1.35. The molecule has 0 aliphatic carbocycles. The molecule has 0 fully saturated rings. The number of fused-ring (bicyclic) bond motifs is 2. The monoisotopic (exact) mass is 416 g/mol. The predicted molar refractivity (Wildman–Crippen MR) is 108 cm³/mol. The number of nitrogens with zero attached hydrogens (tertiary/aromatic N) is 2. The molecule has 2 heterocycles. The van der Waals surface area contributed by atoms with Crippen LogP contribution < -0.4 is 4.90 Å². The van der Waals surface area contributed by atoms with Crippen molar-refractivity contribution in [3.63, 3.8) is 0 Å². The number of para-hydroxylation sites is 1. The highest BCUT2D eigenvalue weighted by Gasteiger charge is 2.35. The van der Waals surface area contributed by atoms with Crippen molar-refractivity contribution >= 4 is 50.9 Å². The molecule has 1 unspecified atom stereocenters. The van der Waals surface area contributed by atoms with E-state index in [2.05, 4.69) is 4.98 Å². The number of thiazole rings is 1. The lowest BCUT2D eigenvalue weighted by Gasteiger charge is -2.32. The van der Waals surface area contributed by atoms with Crippen LogP contribution in [0, 0.1) is 5.82 Å². The second-order valence-corrected chi connectivity index (χ2v) is 8.53. The molecule has 1 aliphatic heterocycles. The Bertz CT molecular complexity index is 1050. The molecule has 1 aromatic heterocycles. The molecule has 0 saturated carbocycles. The predicted octanol–water partition coefficient (Wildman–Crippen LogP) is 4.40. The maximum Gasteiger partial charge on any atom is 0.307 e. The highest BCUT2D eigenvalue weighted by molar-refractivity contribution is 8.01. The Labute approximate surface area is 169 Å². The molecule has 0 bridgehead atoms.